The Balaban J connectivity index is 1.57. The van der Waals surface area contributed by atoms with Gasteiger partial charge < -0.3 is 10.1 Å². The van der Waals surface area contributed by atoms with Gasteiger partial charge in [0.1, 0.15) is 28.7 Å². The van der Waals surface area contributed by atoms with E-state index in [1.54, 1.807) is 18.2 Å². The van der Waals surface area contributed by atoms with E-state index in [-0.39, 0.29) is 0 Å². The minimum absolute atomic E-state index is 0.402. The van der Waals surface area contributed by atoms with Gasteiger partial charge in [-0.25, -0.2) is 9.97 Å². The van der Waals surface area contributed by atoms with Gasteiger partial charge in [0.25, 0.3) is 0 Å². The number of aryl methyl sites for hydroxylation is 1. The second-order valence-electron chi connectivity index (χ2n) is 5.80. The van der Waals surface area contributed by atoms with Crippen molar-refractivity contribution >= 4 is 29.0 Å². The summed E-state index contributed by atoms with van der Waals surface area (Å²) in [7, 11) is 0. The molecule has 27 heavy (non-hydrogen) atoms. The first kappa shape index (κ1) is 19.0. The number of nitrogens with one attached hydrogen (secondary N) is 1. The molecule has 7 heteroatoms. The Morgan fingerprint density at radius 2 is 1.89 bits per heavy atom. The second kappa shape index (κ2) is 8.72. The largest absolute Gasteiger partial charge is 0.456 e. The maximum absolute atomic E-state index is 8.88. The number of anilines is 1. The summed E-state index contributed by atoms with van der Waals surface area (Å²) in [5.41, 5.74) is 2.38. The van der Waals surface area contributed by atoms with Gasteiger partial charge in [0.15, 0.2) is 0 Å². The quantitative estimate of drug-likeness (QED) is 0.600. The van der Waals surface area contributed by atoms with E-state index in [0.717, 1.165) is 17.7 Å². The van der Waals surface area contributed by atoms with Gasteiger partial charge in [0.2, 0.25) is 0 Å². The number of rotatable bonds is 6. The summed E-state index contributed by atoms with van der Waals surface area (Å²) in [4.78, 5) is 8.19. The van der Waals surface area contributed by atoms with Gasteiger partial charge in [-0.05, 0) is 49.2 Å². The van der Waals surface area contributed by atoms with Crippen LogP contribution in [0.25, 0.3) is 0 Å². The molecule has 0 saturated heterocycles. The molecule has 0 atom stereocenters. The molecule has 0 unspecified atom stereocenters. The predicted octanol–water partition coefficient (Wildman–Crippen LogP) is 5.41. The van der Waals surface area contributed by atoms with Gasteiger partial charge in [-0.3, -0.25) is 0 Å². The smallest absolute Gasteiger partial charge is 0.148 e. The van der Waals surface area contributed by atoms with E-state index < -0.39 is 0 Å². The third-order valence-corrected chi connectivity index (χ3v) is 4.63. The van der Waals surface area contributed by atoms with Gasteiger partial charge in [0, 0.05) is 6.54 Å². The van der Waals surface area contributed by atoms with E-state index in [1.165, 1.54) is 6.33 Å². The van der Waals surface area contributed by atoms with E-state index >= 15 is 0 Å². The number of nitrogens with zero attached hydrogens (tertiary/aromatic N) is 3. The van der Waals surface area contributed by atoms with Crippen molar-refractivity contribution in [1.82, 2.24) is 9.97 Å². The Morgan fingerprint density at radius 3 is 2.59 bits per heavy atom. The Bertz CT molecular complexity index is 984. The first-order valence-electron chi connectivity index (χ1n) is 8.24. The first-order valence-corrected chi connectivity index (χ1v) is 9.00. The molecule has 5 nitrogen and oxygen atoms in total. The zero-order chi connectivity index (χ0) is 19.2. The van der Waals surface area contributed by atoms with E-state index in [0.29, 0.717) is 39.5 Å². The molecule has 2 aromatic carbocycles. The van der Waals surface area contributed by atoms with Crippen LogP contribution in [0, 0.1) is 18.3 Å². The lowest BCUT2D eigenvalue weighted by molar-refractivity contribution is 0.482. The van der Waals surface area contributed by atoms with Crippen LogP contribution in [0.4, 0.5) is 5.82 Å². The Morgan fingerprint density at radius 1 is 1.11 bits per heavy atom. The molecular formula is C20H16Cl2N4O. The first-order chi connectivity index (χ1) is 13.1. The SMILES string of the molecule is Cc1ncnc(NCCc2ccc(Oc3ccc(C#N)cc3Cl)cc2)c1Cl. The van der Waals surface area contributed by atoms with Crippen molar-refractivity contribution in [2.75, 3.05) is 11.9 Å². The van der Waals surface area contributed by atoms with Crippen LogP contribution in [0.3, 0.4) is 0 Å². The van der Waals surface area contributed by atoms with Crippen LogP contribution < -0.4 is 10.1 Å². The molecule has 0 aliphatic heterocycles. The molecule has 3 aromatic rings. The molecule has 0 radical (unpaired) electrons. The summed E-state index contributed by atoms with van der Waals surface area (Å²) in [5, 5.41) is 13.0. The number of nitriles is 1. The zero-order valence-corrected chi connectivity index (χ0v) is 16.1. The monoisotopic (exact) mass is 398 g/mol. The van der Waals surface area contributed by atoms with Crippen molar-refractivity contribution in [1.29, 1.82) is 5.26 Å². The van der Waals surface area contributed by atoms with Crippen molar-refractivity contribution in [3.05, 3.63) is 75.7 Å². The summed E-state index contributed by atoms with van der Waals surface area (Å²) in [5.74, 6) is 1.83. The van der Waals surface area contributed by atoms with Gasteiger partial charge in [-0.15, -0.1) is 0 Å². The third kappa shape index (κ3) is 4.88. The van der Waals surface area contributed by atoms with E-state index in [2.05, 4.69) is 15.3 Å². The molecule has 0 bridgehead atoms. The molecule has 0 aliphatic carbocycles. The van der Waals surface area contributed by atoms with Crippen LogP contribution in [0.5, 0.6) is 11.5 Å². The van der Waals surface area contributed by atoms with Crippen molar-refractivity contribution in [2.45, 2.75) is 13.3 Å². The van der Waals surface area contributed by atoms with Gasteiger partial charge >= 0.3 is 0 Å². The standard InChI is InChI=1S/C20H16Cl2N4O/c1-13-19(22)20(26-12-25-13)24-9-8-14-2-5-16(6-3-14)27-18-7-4-15(11-23)10-17(18)21/h2-7,10,12H,8-9H2,1H3,(H,24,25,26). The summed E-state index contributed by atoms with van der Waals surface area (Å²) in [6.45, 7) is 2.53. The minimum Gasteiger partial charge on any atom is -0.456 e. The average molecular weight is 399 g/mol. The highest BCUT2D eigenvalue weighted by atomic mass is 35.5. The molecule has 136 valence electrons. The minimum atomic E-state index is 0.402. The maximum atomic E-state index is 8.88. The number of hydrogen-bond donors (Lipinski definition) is 1. The lowest BCUT2D eigenvalue weighted by atomic mass is 10.1. The number of ether oxygens (including phenoxy) is 1. The second-order valence-corrected chi connectivity index (χ2v) is 6.59. The van der Waals surface area contributed by atoms with E-state index in [4.69, 9.17) is 33.2 Å². The fourth-order valence-electron chi connectivity index (χ4n) is 2.41. The number of benzene rings is 2. The molecule has 0 aliphatic rings. The highest BCUT2D eigenvalue weighted by molar-refractivity contribution is 6.33. The molecule has 0 spiro atoms. The summed E-state index contributed by atoms with van der Waals surface area (Å²) in [6, 6.07) is 14.7. The van der Waals surface area contributed by atoms with Crippen molar-refractivity contribution < 1.29 is 4.74 Å². The lowest BCUT2D eigenvalue weighted by Crippen LogP contribution is -2.07. The van der Waals surface area contributed by atoms with Crippen LogP contribution in [-0.2, 0) is 6.42 Å². The molecular weight excluding hydrogens is 383 g/mol. The van der Waals surface area contributed by atoms with Crippen molar-refractivity contribution in [3.63, 3.8) is 0 Å². The van der Waals surface area contributed by atoms with Crippen LogP contribution >= 0.6 is 23.2 Å². The summed E-state index contributed by atoms with van der Waals surface area (Å²) >= 11 is 12.3. The number of halogens is 2. The fourth-order valence-corrected chi connectivity index (χ4v) is 2.79. The number of aromatic nitrogens is 2. The van der Waals surface area contributed by atoms with Gasteiger partial charge in [0.05, 0.1) is 22.3 Å². The Hall–Kier alpha value is -2.81. The lowest BCUT2D eigenvalue weighted by Gasteiger charge is -2.10. The van der Waals surface area contributed by atoms with Gasteiger partial charge in [-0.1, -0.05) is 35.3 Å². The number of hydrogen-bond acceptors (Lipinski definition) is 5. The molecule has 1 N–H and O–H groups in total. The maximum Gasteiger partial charge on any atom is 0.148 e. The van der Waals surface area contributed by atoms with Crippen molar-refractivity contribution in [3.8, 4) is 17.6 Å². The average Bonchev–Trinajstić information content (AvgIpc) is 2.68. The van der Waals surface area contributed by atoms with Crippen LogP contribution in [0.15, 0.2) is 48.8 Å². The molecule has 1 heterocycles. The van der Waals surface area contributed by atoms with Crippen molar-refractivity contribution in [2.24, 2.45) is 0 Å². The molecule has 3 rings (SSSR count). The predicted molar refractivity (Wildman–Crippen MR) is 107 cm³/mol. The molecule has 0 saturated carbocycles. The van der Waals surface area contributed by atoms with Crippen LogP contribution in [0.2, 0.25) is 10.0 Å². The van der Waals surface area contributed by atoms with Crippen LogP contribution in [-0.4, -0.2) is 16.5 Å². The Kier molecular flexibility index (Phi) is 6.12. The highest BCUT2D eigenvalue weighted by Gasteiger charge is 2.06. The summed E-state index contributed by atoms with van der Waals surface area (Å²) in [6.07, 6.45) is 2.29. The van der Waals surface area contributed by atoms with Crippen LogP contribution in [0.1, 0.15) is 16.8 Å². The Labute approximate surface area is 167 Å². The fraction of sp³-hybridized carbons (Fsp3) is 0.150. The molecule has 0 fully saturated rings. The van der Waals surface area contributed by atoms with E-state index in [9.17, 15) is 0 Å². The summed E-state index contributed by atoms with van der Waals surface area (Å²) < 4.78 is 5.77. The molecule has 0 amide bonds. The normalized spacial score (nSPS) is 10.3. The topological polar surface area (TPSA) is 70.8 Å². The zero-order valence-electron chi connectivity index (χ0n) is 14.5. The molecule has 1 aromatic heterocycles. The third-order valence-electron chi connectivity index (χ3n) is 3.88. The van der Waals surface area contributed by atoms with Gasteiger partial charge in [-0.2, -0.15) is 5.26 Å². The highest BCUT2D eigenvalue weighted by Crippen LogP contribution is 2.30. The van der Waals surface area contributed by atoms with E-state index in [1.807, 2.05) is 37.3 Å².